The van der Waals surface area contributed by atoms with E-state index >= 15 is 0 Å². The Labute approximate surface area is 165 Å². The van der Waals surface area contributed by atoms with Crippen molar-refractivity contribution in [1.29, 1.82) is 0 Å². The molecule has 0 saturated heterocycles. The molecule has 0 unspecified atom stereocenters. The van der Waals surface area contributed by atoms with Gasteiger partial charge in [-0.3, -0.25) is 0 Å². The molecule has 0 fully saturated rings. The lowest BCUT2D eigenvalue weighted by molar-refractivity contribution is 0.469. The second-order valence-corrected chi connectivity index (χ2v) is 7.70. The van der Waals surface area contributed by atoms with Crippen LogP contribution in [0.1, 0.15) is 10.4 Å². The van der Waals surface area contributed by atoms with Gasteiger partial charge in [0.1, 0.15) is 16.9 Å². The maximum Gasteiger partial charge on any atom is 0.231 e. The minimum Gasteiger partial charge on any atom is -0.436 e. The van der Waals surface area contributed by atoms with Gasteiger partial charge in [0.2, 0.25) is 5.88 Å². The van der Waals surface area contributed by atoms with Gasteiger partial charge in [0.05, 0.1) is 5.39 Å². The molecule has 0 atom stereocenters. The summed E-state index contributed by atoms with van der Waals surface area (Å²) < 4.78 is 6.34. The van der Waals surface area contributed by atoms with E-state index in [4.69, 9.17) is 9.72 Å². The van der Waals surface area contributed by atoms with Crippen LogP contribution in [0.25, 0.3) is 32.5 Å². The van der Waals surface area contributed by atoms with Gasteiger partial charge in [-0.2, -0.15) is 0 Å². The largest absolute Gasteiger partial charge is 0.436 e. The van der Waals surface area contributed by atoms with Gasteiger partial charge in [-0.1, -0.05) is 30.3 Å². The lowest BCUT2D eigenvalue weighted by Crippen LogP contribution is -1.96. The molecule has 0 aliphatic carbocycles. The summed E-state index contributed by atoms with van der Waals surface area (Å²) in [7, 11) is 0. The molecule has 0 spiro atoms. The third-order valence-corrected chi connectivity index (χ3v) is 5.85. The zero-order chi connectivity index (χ0) is 19.1. The van der Waals surface area contributed by atoms with Crippen LogP contribution >= 0.6 is 11.3 Å². The summed E-state index contributed by atoms with van der Waals surface area (Å²) in [6.45, 7) is 4.16. The number of fused-ring (bicyclic) bond motifs is 2. The highest BCUT2D eigenvalue weighted by atomic mass is 32.1. The summed E-state index contributed by atoms with van der Waals surface area (Å²) >= 11 is 1.65. The Morgan fingerprint density at radius 2 is 1.79 bits per heavy atom. The van der Waals surface area contributed by atoms with Crippen molar-refractivity contribution in [1.82, 2.24) is 19.9 Å². The molecule has 28 heavy (non-hydrogen) atoms. The topological polar surface area (TPSA) is 60.8 Å². The molecule has 6 heteroatoms. The molecule has 0 aliphatic heterocycles. The lowest BCUT2D eigenvalue weighted by Gasteiger charge is -2.12. The van der Waals surface area contributed by atoms with Crippen LogP contribution in [0, 0.1) is 13.8 Å². The zero-order valence-electron chi connectivity index (χ0n) is 15.4. The van der Waals surface area contributed by atoms with E-state index in [1.54, 1.807) is 23.9 Å². The quantitative estimate of drug-likeness (QED) is 0.399. The van der Waals surface area contributed by atoms with E-state index in [1.807, 2.05) is 48.5 Å². The summed E-state index contributed by atoms with van der Waals surface area (Å²) in [5.74, 6) is 1.20. The SMILES string of the molecule is Cc1sc2ncnc(Oc3cc4cccnc4nc3-c3ccccc3)c2c1C. The fourth-order valence-electron chi connectivity index (χ4n) is 3.20. The fourth-order valence-corrected chi connectivity index (χ4v) is 4.19. The highest BCUT2D eigenvalue weighted by Gasteiger charge is 2.17. The minimum absolute atomic E-state index is 0.550. The second-order valence-electron chi connectivity index (χ2n) is 6.50. The number of ether oxygens (including phenoxy) is 1. The highest BCUT2D eigenvalue weighted by Crippen LogP contribution is 2.39. The average molecular weight is 384 g/mol. The number of hydrogen-bond acceptors (Lipinski definition) is 6. The summed E-state index contributed by atoms with van der Waals surface area (Å²) in [5.41, 5.74) is 3.54. The first-order valence-electron chi connectivity index (χ1n) is 8.90. The minimum atomic E-state index is 0.550. The van der Waals surface area contributed by atoms with Gasteiger partial charge in [-0.25, -0.2) is 19.9 Å². The van der Waals surface area contributed by atoms with Gasteiger partial charge >= 0.3 is 0 Å². The van der Waals surface area contributed by atoms with Crippen molar-refractivity contribution in [3.63, 3.8) is 0 Å². The van der Waals surface area contributed by atoms with E-state index in [9.17, 15) is 0 Å². The maximum atomic E-state index is 6.34. The molecule has 0 radical (unpaired) electrons. The standard InChI is InChI=1S/C22H16N4OS/c1-13-14(2)28-22-18(13)21(24-12-25-22)27-17-11-16-9-6-10-23-20(16)26-19(17)15-7-4-3-5-8-15/h3-12H,1-2H3. The van der Waals surface area contributed by atoms with Crippen LogP contribution in [0.3, 0.4) is 0 Å². The predicted octanol–water partition coefficient (Wildman–Crippen LogP) is 5.71. The summed E-state index contributed by atoms with van der Waals surface area (Å²) in [4.78, 5) is 20.1. The van der Waals surface area contributed by atoms with Crippen molar-refractivity contribution in [3.8, 4) is 22.9 Å². The van der Waals surface area contributed by atoms with Crippen molar-refractivity contribution in [2.45, 2.75) is 13.8 Å². The Hall–Kier alpha value is -3.38. The highest BCUT2D eigenvalue weighted by molar-refractivity contribution is 7.18. The molecule has 4 heterocycles. The van der Waals surface area contributed by atoms with Crippen LogP contribution in [-0.2, 0) is 0 Å². The number of hydrogen-bond donors (Lipinski definition) is 0. The van der Waals surface area contributed by atoms with Gasteiger partial charge in [-0.05, 0) is 37.6 Å². The number of nitrogens with zero attached hydrogens (tertiary/aromatic N) is 4. The van der Waals surface area contributed by atoms with Crippen molar-refractivity contribution < 1.29 is 4.74 Å². The molecular formula is C22H16N4OS. The summed E-state index contributed by atoms with van der Waals surface area (Å²) in [6, 6.07) is 15.8. The van der Waals surface area contributed by atoms with E-state index in [-0.39, 0.29) is 0 Å². The number of thiophene rings is 1. The van der Waals surface area contributed by atoms with Crippen LogP contribution < -0.4 is 4.74 Å². The molecule has 0 saturated carbocycles. The van der Waals surface area contributed by atoms with Crippen LogP contribution in [-0.4, -0.2) is 19.9 Å². The van der Waals surface area contributed by atoms with E-state index < -0.39 is 0 Å². The number of rotatable bonds is 3. The number of pyridine rings is 2. The molecule has 136 valence electrons. The van der Waals surface area contributed by atoms with Gasteiger partial charge < -0.3 is 4.74 Å². The molecule has 0 aliphatic rings. The fraction of sp³-hybridized carbons (Fsp3) is 0.0909. The van der Waals surface area contributed by atoms with Gasteiger partial charge in [0.25, 0.3) is 0 Å². The van der Waals surface area contributed by atoms with Crippen molar-refractivity contribution in [3.05, 3.63) is 71.5 Å². The number of aryl methyl sites for hydroxylation is 2. The molecule has 5 aromatic rings. The molecule has 0 bridgehead atoms. The molecule has 4 aromatic heterocycles. The predicted molar refractivity (Wildman–Crippen MR) is 112 cm³/mol. The van der Waals surface area contributed by atoms with E-state index in [2.05, 4.69) is 28.8 Å². The molecular weight excluding hydrogens is 368 g/mol. The van der Waals surface area contributed by atoms with Crippen LogP contribution in [0.2, 0.25) is 0 Å². The lowest BCUT2D eigenvalue weighted by atomic mass is 10.1. The average Bonchev–Trinajstić information content (AvgIpc) is 3.03. The Kier molecular flexibility index (Phi) is 3.98. The van der Waals surface area contributed by atoms with Crippen LogP contribution in [0.15, 0.2) is 61.1 Å². The van der Waals surface area contributed by atoms with Crippen LogP contribution in [0.5, 0.6) is 11.6 Å². The van der Waals surface area contributed by atoms with E-state index in [1.165, 1.54) is 4.88 Å². The van der Waals surface area contributed by atoms with Crippen LogP contribution in [0.4, 0.5) is 0 Å². The molecule has 5 rings (SSSR count). The Balaban J connectivity index is 1.73. The Bertz CT molecular complexity index is 1310. The van der Waals surface area contributed by atoms with Gasteiger partial charge in [-0.15, -0.1) is 11.3 Å². The summed E-state index contributed by atoms with van der Waals surface area (Å²) in [5, 5.41) is 1.87. The zero-order valence-corrected chi connectivity index (χ0v) is 16.2. The molecule has 0 amide bonds. The molecule has 5 nitrogen and oxygen atoms in total. The monoisotopic (exact) mass is 384 g/mol. The molecule has 1 aromatic carbocycles. The smallest absolute Gasteiger partial charge is 0.231 e. The molecule has 0 N–H and O–H groups in total. The number of benzene rings is 1. The Morgan fingerprint density at radius 1 is 0.929 bits per heavy atom. The van der Waals surface area contributed by atoms with Gasteiger partial charge in [0.15, 0.2) is 11.4 Å². The summed E-state index contributed by atoms with van der Waals surface area (Å²) in [6.07, 6.45) is 3.29. The third kappa shape index (κ3) is 2.78. The first kappa shape index (κ1) is 16.8. The second kappa shape index (κ2) is 6.65. The first-order chi connectivity index (χ1) is 13.7. The first-order valence-corrected chi connectivity index (χ1v) is 9.72. The number of aromatic nitrogens is 4. The third-order valence-electron chi connectivity index (χ3n) is 4.74. The van der Waals surface area contributed by atoms with Crippen molar-refractivity contribution in [2.24, 2.45) is 0 Å². The van der Waals surface area contributed by atoms with E-state index in [0.29, 0.717) is 17.3 Å². The van der Waals surface area contributed by atoms with E-state index in [0.717, 1.165) is 32.4 Å². The van der Waals surface area contributed by atoms with Crippen molar-refractivity contribution in [2.75, 3.05) is 0 Å². The van der Waals surface area contributed by atoms with Crippen molar-refractivity contribution >= 4 is 32.6 Å². The normalized spacial score (nSPS) is 11.2. The maximum absolute atomic E-state index is 6.34. The Morgan fingerprint density at radius 3 is 2.64 bits per heavy atom. The van der Waals surface area contributed by atoms with Gasteiger partial charge in [0, 0.05) is 22.0 Å².